The summed E-state index contributed by atoms with van der Waals surface area (Å²) in [5, 5.41) is 14.6. The number of nitro benzene ring substituents is 1. The first-order chi connectivity index (χ1) is 15.2. The summed E-state index contributed by atoms with van der Waals surface area (Å²) in [5.74, 6) is -2.28. The molecule has 168 valence electrons. The van der Waals surface area contributed by atoms with E-state index in [0.717, 1.165) is 0 Å². The molecule has 10 heteroatoms. The van der Waals surface area contributed by atoms with E-state index in [9.17, 15) is 23.3 Å². The molecule has 3 N–H and O–H groups in total. The normalized spacial score (nSPS) is 16.5. The molecule has 2 aromatic rings. The first kappa shape index (κ1) is 23.0. The van der Waals surface area contributed by atoms with Crippen LogP contribution in [0.2, 0.25) is 0 Å². The zero-order valence-corrected chi connectivity index (χ0v) is 18.4. The Morgan fingerprint density at radius 3 is 2.34 bits per heavy atom. The predicted molar refractivity (Wildman–Crippen MR) is 118 cm³/mol. The molecule has 1 unspecified atom stereocenters. The molecule has 0 fully saturated rings. The van der Waals surface area contributed by atoms with Crippen LogP contribution in [-0.4, -0.2) is 25.9 Å². The summed E-state index contributed by atoms with van der Waals surface area (Å²) in [6, 6.07) is 13.3. The zero-order valence-electron chi connectivity index (χ0n) is 17.6. The van der Waals surface area contributed by atoms with Crippen LogP contribution in [0.5, 0.6) is 0 Å². The van der Waals surface area contributed by atoms with Crippen LogP contribution in [-0.2, 0) is 19.4 Å². The van der Waals surface area contributed by atoms with Crippen LogP contribution in [0.4, 0.5) is 5.69 Å². The maximum absolute atomic E-state index is 13.7. The molecule has 0 spiro atoms. The molecule has 0 bridgehead atoms. The Bertz CT molecular complexity index is 1220. The Labute approximate surface area is 185 Å². The molecule has 1 aliphatic heterocycles. The number of carbonyl (C=O) groups excluding carboxylic acids is 1. The van der Waals surface area contributed by atoms with E-state index in [1.165, 1.54) is 30.3 Å². The number of para-hydroxylation sites is 1. The molecule has 0 aromatic heterocycles. The smallest absolute Gasteiger partial charge is 0.336 e. The lowest BCUT2D eigenvalue weighted by molar-refractivity contribution is -0.385. The summed E-state index contributed by atoms with van der Waals surface area (Å²) in [6.07, 6.45) is 0.296. The van der Waals surface area contributed by atoms with Gasteiger partial charge in [-0.1, -0.05) is 43.3 Å². The minimum atomic E-state index is -4.24. The van der Waals surface area contributed by atoms with Crippen LogP contribution in [0.3, 0.4) is 0 Å². The standard InChI is InChI=1S/C22H23N3O6S/c1-3-16-19(22(26)31-4-2)18(15-12-8-9-13-17(15)25(27)28)20(21(23)24-16)32(29,30)14-10-6-5-7-11-14/h5-13,18,24H,3-4,23H2,1-2H3. The van der Waals surface area contributed by atoms with Crippen molar-refractivity contribution in [2.24, 2.45) is 5.73 Å². The Balaban J connectivity index is 2.38. The average Bonchev–Trinajstić information content (AvgIpc) is 2.78. The van der Waals surface area contributed by atoms with Crippen molar-refractivity contribution in [3.05, 3.63) is 92.3 Å². The maximum atomic E-state index is 13.7. The summed E-state index contributed by atoms with van der Waals surface area (Å²) in [4.78, 5) is 23.8. The number of nitrogens with zero attached hydrogens (tertiary/aromatic N) is 1. The second kappa shape index (κ2) is 9.23. The number of hydrogen-bond acceptors (Lipinski definition) is 8. The van der Waals surface area contributed by atoms with Gasteiger partial charge in [-0.3, -0.25) is 10.1 Å². The molecule has 9 nitrogen and oxygen atoms in total. The third-order valence-corrected chi connectivity index (χ3v) is 6.99. The van der Waals surface area contributed by atoms with Crippen LogP contribution in [0, 0.1) is 10.1 Å². The molecule has 1 aliphatic rings. The highest BCUT2D eigenvalue weighted by molar-refractivity contribution is 7.95. The van der Waals surface area contributed by atoms with Crippen molar-refractivity contribution < 1.29 is 22.9 Å². The van der Waals surface area contributed by atoms with Gasteiger partial charge in [0.05, 0.1) is 27.9 Å². The topological polar surface area (TPSA) is 142 Å². The van der Waals surface area contributed by atoms with E-state index in [0.29, 0.717) is 12.1 Å². The average molecular weight is 458 g/mol. The molecule has 2 aromatic carbocycles. The molecule has 0 amide bonds. The van der Waals surface area contributed by atoms with E-state index >= 15 is 0 Å². The quantitative estimate of drug-likeness (QED) is 0.367. The Morgan fingerprint density at radius 2 is 1.75 bits per heavy atom. The number of rotatable bonds is 7. The van der Waals surface area contributed by atoms with Gasteiger partial charge in [0.2, 0.25) is 9.84 Å². The number of ether oxygens (including phenoxy) is 1. The minimum Gasteiger partial charge on any atom is -0.463 e. The van der Waals surface area contributed by atoms with E-state index in [4.69, 9.17) is 10.5 Å². The van der Waals surface area contributed by atoms with Crippen LogP contribution < -0.4 is 11.1 Å². The summed E-state index contributed by atoms with van der Waals surface area (Å²) < 4.78 is 32.5. The van der Waals surface area contributed by atoms with Crippen molar-refractivity contribution in [1.29, 1.82) is 0 Å². The van der Waals surface area contributed by atoms with Gasteiger partial charge in [0.25, 0.3) is 5.69 Å². The van der Waals surface area contributed by atoms with Crippen molar-refractivity contribution >= 4 is 21.5 Å². The van der Waals surface area contributed by atoms with Gasteiger partial charge in [0.1, 0.15) is 10.7 Å². The van der Waals surface area contributed by atoms with Gasteiger partial charge < -0.3 is 15.8 Å². The number of benzene rings is 2. The summed E-state index contributed by atoms with van der Waals surface area (Å²) >= 11 is 0. The second-order valence-corrected chi connectivity index (χ2v) is 8.85. The fraction of sp³-hybridized carbons (Fsp3) is 0.227. The third-order valence-electron chi connectivity index (χ3n) is 5.06. The fourth-order valence-electron chi connectivity index (χ4n) is 3.70. The summed E-state index contributed by atoms with van der Waals surface area (Å²) in [7, 11) is -4.24. The predicted octanol–water partition coefficient (Wildman–Crippen LogP) is 3.11. The van der Waals surface area contributed by atoms with Gasteiger partial charge in [0.15, 0.2) is 0 Å². The van der Waals surface area contributed by atoms with E-state index in [-0.39, 0.29) is 39.1 Å². The summed E-state index contributed by atoms with van der Waals surface area (Å²) in [5.41, 5.74) is 6.22. The van der Waals surface area contributed by atoms with Crippen LogP contribution in [0.1, 0.15) is 31.7 Å². The number of dihydropyridines is 1. The van der Waals surface area contributed by atoms with Crippen molar-refractivity contribution in [2.75, 3.05) is 6.61 Å². The van der Waals surface area contributed by atoms with E-state index in [1.807, 2.05) is 0 Å². The molecular formula is C22H23N3O6S. The lowest BCUT2D eigenvalue weighted by atomic mass is 9.85. The number of carbonyl (C=O) groups is 1. The van der Waals surface area contributed by atoms with Crippen molar-refractivity contribution in [3.8, 4) is 0 Å². The molecular weight excluding hydrogens is 434 g/mol. The SMILES string of the molecule is CCOC(=O)C1=C(CC)NC(N)=C(S(=O)(=O)c2ccccc2)C1c1ccccc1[N+](=O)[O-]. The van der Waals surface area contributed by atoms with Crippen LogP contribution in [0.15, 0.2) is 81.5 Å². The Hall–Kier alpha value is -3.66. The van der Waals surface area contributed by atoms with Crippen molar-refractivity contribution in [2.45, 2.75) is 31.1 Å². The lowest BCUT2D eigenvalue weighted by Crippen LogP contribution is -2.36. The number of nitrogens with one attached hydrogen (secondary N) is 1. The lowest BCUT2D eigenvalue weighted by Gasteiger charge is -2.31. The largest absolute Gasteiger partial charge is 0.463 e. The number of allylic oxidation sites excluding steroid dienone is 2. The first-order valence-electron chi connectivity index (χ1n) is 9.94. The van der Waals surface area contributed by atoms with Crippen LogP contribution >= 0.6 is 0 Å². The van der Waals surface area contributed by atoms with Crippen molar-refractivity contribution in [1.82, 2.24) is 5.32 Å². The zero-order chi connectivity index (χ0) is 23.5. The summed E-state index contributed by atoms with van der Waals surface area (Å²) in [6.45, 7) is 3.41. The fourth-order valence-corrected chi connectivity index (χ4v) is 5.37. The Morgan fingerprint density at radius 1 is 1.12 bits per heavy atom. The molecule has 0 saturated heterocycles. The van der Waals surface area contributed by atoms with Gasteiger partial charge in [-0.15, -0.1) is 0 Å². The molecule has 0 radical (unpaired) electrons. The number of nitro groups is 1. The number of esters is 1. The maximum Gasteiger partial charge on any atom is 0.336 e. The molecule has 32 heavy (non-hydrogen) atoms. The number of sulfone groups is 1. The minimum absolute atomic E-state index is 0.0210. The Kier molecular flexibility index (Phi) is 6.64. The van der Waals surface area contributed by atoms with Crippen LogP contribution in [0.25, 0.3) is 0 Å². The number of hydrogen-bond donors (Lipinski definition) is 2. The van der Waals surface area contributed by atoms with Gasteiger partial charge in [-0.2, -0.15) is 0 Å². The van der Waals surface area contributed by atoms with Crippen molar-refractivity contribution in [3.63, 3.8) is 0 Å². The van der Waals surface area contributed by atoms with Gasteiger partial charge in [0, 0.05) is 17.3 Å². The molecule has 1 heterocycles. The monoisotopic (exact) mass is 457 g/mol. The molecule has 0 aliphatic carbocycles. The van der Waals surface area contributed by atoms with E-state index in [1.54, 1.807) is 38.1 Å². The molecule has 1 atom stereocenters. The van der Waals surface area contributed by atoms with E-state index < -0.39 is 26.6 Å². The third kappa shape index (κ3) is 4.09. The van der Waals surface area contributed by atoms with Gasteiger partial charge in [-0.05, 0) is 25.5 Å². The second-order valence-electron chi connectivity index (χ2n) is 6.93. The highest BCUT2D eigenvalue weighted by Crippen LogP contribution is 2.45. The molecule has 3 rings (SSSR count). The van der Waals surface area contributed by atoms with Gasteiger partial charge >= 0.3 is 5.97 Å². The highest BCUT2D eigenvalue weighted by atomic mass is 32.2. The number of nitrogens with two attached hydrogens (primary N) is 1. The first-order valence-corrected chi connectivity index (χ1v) is 11.4. The molecule has 0 saturated carbocycles. The highest BCUT2D eigenvalue weighted by Gasteiger charge is 2.44. The van der Waals surface area contributed by atoms with E-state index in [2.05, 4.69) is 5.32 Å². The van der Waals surface area contributed by atoms with Gasteiger partial charge in [-0.25, -0.2) is 13.2 Å².